The van der Waals surface area contributed by atoms with Crippen LogP contribution < -0.4 is 10.4 Å². The number of hydrogen-bond acceptors (Lipinski definition) is 5. The van der Waals surface area contributed by atoms with Crippen molar-refractivity contribution in [3.05, 3.63) is 127 Å². The average Bonchev–Trinajstić information content (AvgIpc) is 3.38. The van der Waals surface area contributed by atoms with Crippen molar-refractivity contribution in [1.29, 1.82) is 0 Å². The molecular formula is C27H23N5O3S. The van der Waals surface area contributed by atoms with Gasteiger partial charge in [0.15, 0.2) is 10.5 Å². The lowest BCUT2D eigenvalue weighted by Crippen LogP contribution is -2.20. The standard InChI is InChI=1S/C27H23N5O3S/c1-19-25(26(33)31(29(19)2)22-13-7-4-8-14-22)28-27-30(17-20-10-5-3-6-11-20)24(18-36-27)21-12-9-15-23(16-21)32(34)35/h3-16,18H,17H2,1-2H3. The molecule has 0 fully saturated rings. The van der Waals surface area contributed by atoms with E-state index >= 15 is 0 Å². The molecule has 0 aliphatic heterocycles. The summed E-state index contributed by atoms with van der Waals surface area (Å²) in [7, 11) is 1.84. The summed E-state index contributed by atoms with van der Waals surface area (Å²) in [5.74, 6) is 0. The Morgan fingerprint density at radius 2 is 1.67 bits per heavy atom. The van der Waals surface area contributed by atoms with Crippen molar-refractivity contribution < 1.29 is 4.92 Å². The third-order valence-electron chi connectivity index (χ3n) is 6.07. The summed E-state index contributed by atoms with van der Waals surface area (Å²) in [6.07, 6.45) is 0. The number of aromatic nitrogens is 3. The maximum Gasteiger partial charge on any atom is 0.297 e. The van der Waals surface area contributed by atoms with E-state index in [0.29, 0.717) is 22.6 Å². The number of benzene rings is 3. The molecule has 3 aromatic carbocycles. The van der Waals surface area contributed by atoms with Crippen molar-refractivity contribution in [1.82, 2.24) is 13.9 Å². The molecule has 0 atom stereocenters. The third kappa shape index (κ3) is 4.32. The Morgan fingerprint density at radius 3 is 2.36 bits per heavy atom. The topological polar surface area (TPSA) is 87.4 Å². The quantitative estimate of drug-likeness (QED) is 0.239. The molecule has 8 nitrogen and oxygen atoms in total. The molecule has 0 aliphatic rings. The molecule has 0 bridgehead atoms. The molecule has 5 rings (SSSR count). The van der Waals surface area contributed by atoms with Crippen LogP contribution in [0.5, 0.6) is 0 Å². The Kier molecular flexibility index (Phi) is 6.22. The van der Waals surface area contributed by atoms with Crippen molar-refractivity contribution in [2.75, 3.05) is 0 Å². The minimum Gasteiger partial charge on any atom is -0.312 e. The van der Waals surface area contributed by atoms with E-state index in [2.05, 4.69) is 0 Å². The maximum atomic E-state index is 13.5. The third-order valence-corrected chi connectivity index (χ3v) is 6.93. The van der Waals surface area contributed by atoms with Crippen LogP contribution in [0.1, 0.15) is 11.3 Å². The summed E-state index contributed by atoms with van der Waals surface area (Å²) in [5.41, 5.74) is 4.22. The highest BCUT2D eigenvalue weighted by atomic mass is 32.1. The number of hydrogen-bond donors (Lipinski definition) is 0. The molecule has 0 spiro atoms. The van der Waals surface area contributed by atoms with Gasteiger partial charge in [-0.25, -0.2) is 9.67 Å². The van der Waals surface area contributed by atoms with Crippen LogP contribution in [0.4, 0.5) is 11.4 Å². The first-order valence-corrected chi connectivity index (χ1v) is 12.2. The van der Waals surface area contributed by atoms with Crippen LogP contribution in [0.15, 0.2) is 100 Å². The van der Waals surface area contributed by atoms with Crippen LogP contribution in [0.3, 0.4) is 0 Å². The van der Waals surface area contributed by atoms with Crippen LogP contribution in [-0.4, -0.2) is 18.9 Å². The van der Waals surface area contributed by atoms with E-state index in [0.717, 1.165) is 22.6 Å². The Balaban J connectivity index is 1.71. The van der Waals surface area contributed by atoms with E-state index in [-0.39, 0.29) is 11.2 Å². The van der Waals surface area contributed by atoms with E-state index in [1.54, 1.807) is 21.5 Å². The minimum absolute atomic E-state index is 0.0214. The van der Waals surface area contributed by atoms with Gasteiger partial charge in [-0.3, -0.25) is 19.6 Å². The SMILES string of the molecule is Cc1c(N=c2scc(-c3cccc([N+](=O)[O-])c3)n2Cc2ccccc2)c(=O)n(-c2ccccc2)n1C. The number of nitro benzene ring substituents is 1. The lowest BCUT2D eigenvalue weighted by atomic mass is 10.1. The lowest BCUT2D eigenvalue weighted by molar-refractivity contribution is -0.384. The van der Waals surface area contributed by atoms with Gasteiger partial charge in [0.2, 0.25) is 0 Å². The van der Waals surface area contributed by atoms with Crippen molar-refractivity contribution in [3.63, 3.8) is 0 Å². The molecule has 180 valence electrons. The summed E-state index contributed by atoms with van der Waals surface area (Å²) >= 11 is 1.40. The second-order valence-electron chi connectivity index (χ2n) is 8.30. The number of nitrogens with zero attached hydrogens (tertiary/aromatic N) is 5. The van der Waals surface area contributed by atoms with E-state index in [4.69, 9.17) is 4.99 Å². The van der Waals surface area contributed by atoms with Crippen LogP contribution in [0.2, 0.25) is 0 Å². The second-order valence-corrected chi connectivity index (χ2v) is 9.14. The molecule has 0 N–H and O–H groups in total. The molecule has 5 aromatic rings. The van der Waals surface area contributed by atoms with Gasteiger partial charge < -0.3 is 4.57 Å². The lowest BCUT2D eigenvalue weighted by Gasteiger charge is -2.09. The van der Waals surface area contributed by atoms with Crippen molar-refractivity contribution in [3.8, 4) is 16.9 Å². The van der Waals surface area contributed by atoms with E-state index in [9.17, 15) is 14.9 Å². The van der Waals surface area contributed by atoms with Gasteiger partial charge in [-0.15, -0.1) is 11.3 Å². The van der Waals surface area contributed by atoms with Gasteiger partial charge in [-0.1, -0.05) is 60.7 Å². The first kappa shape index (κ1) is 23.3. The molecule has 0 saturated heterocycles. The fraction of sp³-hybridized carbons (Fsp3) is 0.111. The van der Waals surface area contributed by atoms with Gasteiger partial charge >= 0.3 is 0 Å². The van der Waals surface area contributed by atoms with Gasteiger partial charge in [0.25, 0.3) is 11.2 Å². The van der Waals surface area contributed by atoms with Gasteiger partial charge in [0.1, 0.15) is 0 Å². The summed E-state index contributed by atoms with van der Waals surface area (Å²) < 4.78 is 5.40. The fourth-order valence-electron chi connectivity index (χ4n) is 4.13. The normalized spacial score (nSPS) is 11.7. The zero-order valence-electron chi connectivity index (χ0n) is 19.7. The van der Waals surface area contributed by atoms with Crippen molar-refractivity contribution >= 4 is 22.7 Å². The number of para-hydroxylation sites is 1. The average molecular weight is 498 g/mol. The second kappa shape index (κ2) is 9.63. The molecule has 0 amide bonds. The van der Waals surface area contributed by atoms with Gasteiger partial charge in [0.05, 0.1) is 28.5 Å². The van der Waals surface area contributed by atoms with E-state index in [1.807, 2.05) is 90.6 Å². The summed E-state index contributed by atoms with van der Waals surface area (Å²) in [4.78, 5) is 29.9. The highest BCUT2D eigenvalue weighted by molar-refractivity contribution is 7.07. The maximum absolute atomic E-state index is 13.5. The number of thiazole rings is 1. The van der Waals surface area contributed by atoms with E-state index in [1.165, 1.54) is 17.4 Å². The molecule has 0 aliphatic carbocycles. The van der Waals surface area contributed by atoms with Crippen LogP contribution in [-0.2, 0) is 13.6 Å². The zero-order valence-corrected chi connectivity index (χ0v) is 20.6. The van der Waals surface area contributed by atoms with E-state index < -0.39 is 4.92 Å². The first-order valence-electron chi connectivity index (χ1n) is 11.3. The molecule has 36 heavy (non-hydrogen) atoms. The highest BCUT2D eigenvalue weighted by Crippen LogP contribution is 2.26. The van der Waals surface area contributed by atoms with Crippen molar-refractivity contribution in [2.24, 2.45) is 12.0 Å². The molecule has 2 aromatic heterocycles. The van der Waals surface area contributed by atoms with Crippen LogP contribution in [0, 0.1) is 17.0 Å². The van der Waals surface area contributed by atoms with Gasteiger partial charge in [-0.05, 0) is 24.6 Å². The molecule has 0 unspecified atom stereocenters. The summed E-state index contributed by atoms with van der Waals surface area (Å²) in [6.45, 7) is 2.37. The Hall–Kier alpha value is -4.50. The van der Waals surface area contributed by atoms with Gasteiger partial charge in [0, 0.05) is 30.1 Å². The molecule has 0 radical (unpaired) electrons. The Bertz CT molecular complexity index is 1680. The predicted octanol–water partition coefficient (Wildman–Crippen LogP) is 5.20. The fourth-order valence-corrected chi connectivity index (χ4v) is 5.04. The number of nitro groups is 1. The largest absolute Gasteiger partial charge is 0.312 e. The molecule has 0 saturated carbocycles. The monoisotopic (exact) mass is 497 g/mol. The predicted molar refractivity (Wildman–Crippen MR) is 141 cm³/mol. The Morgan fingerprint density at radius 1 is 0.972 bits per heavy atom. The summed E-state index contributed by atoms with van der Waals surface area (Å²) in [6, 6.07) is 25.9. The Labute approximate surface area is 210 Å². The number of rotatable bonds is 6. The van der Waals surface area contributed by atoms with Crippen LogP contribution >= 0.6 is 11.3 Å². The highest BCUT2D eigenvalue weighted by Gasteiger charge is 2.17. The molecular weight excluding hydrogens is 474 g/mol. The van der Waals surface area contributed by atoms with Crippen LogP contribution in [0.25, 0.3) is 16.9 Å². The zero-order chi connectivity index (χ0) is 25.2. The smallest absolute Gasteiger partial charge is 0.297 e. The van der Waals surface area contributed by atoms with Crippen molar-refractivity contribution in [2.45, 2.75) is 13.5 Å². The minimum atomic E-state index is -0.401. The summed E-state index contributed by atoms with van der Waals surface area (Å²) in [5, 5.41) is 13.3. The molecule has 9 heteroatoms. The molecule has 2 heterocycles. The number of non-ortho nitro benzene ring substituents is 1. The first-order chi connectivity index (χ1) is 17.4. The van der Waals surface area contributed by atoms with Gasteiger partial charge in [-0.2, -0.15) is 0 Å².